The van der Waals surface area contributed by atoms with Crippen molar-refractivity contribution in [2.24, 2.45) is 0 Å². The van der Waals surface area contributed by atoms with E-state index >= 15 is 0 Å². The Morgan fingerprint density at radius 3 is 1.53 bits per heavy atom. The lowest BCUT2D eigenvalue weighted by Gasteiger charge is -2.41. The SMILES string of the molecule is CCCCCCCCCCCC/C=C/C(O)C(COC1OC(CO)C(O)C(OS(=O)(=O)O)C1O)NC(=O)C(O)CCCCCCCCCCCCCCCCCCCC. The number of unbranched alkanes of at least 4 members (excludes halogenated alkanes) is 27. The van der Waals surface area contributed by atoms with Crippen LogP contribution in [-0.4, -0.2) is 107 Å². The highest BCUT2D eigenvalue weighted by molar-refractivity contribution is 7.80. The second kappa shape index (κ2) is 36.3. The number of aliphatic hydroxyl groups excluding tert-OH is 5. The Balaban J connectivity index is 2.53. The minimum absolute atomic E-state index is 0.248. The van der Waals surface area contributed by atoms with Gasteiger partial charge in [0.1, 0.15) is 30.5 Å². The predicted molar refractivity (Wildman–Crippen MR) is 233 cm³/mol. The Hall–Kier alpha value is -1.20. The Kier molecular flexibility index (Phi) is 34.3. The van der Waals surface area contributed by atoms with Crippen LogP contribution >= 0.6 is 0 Å². The molecule has 1 fully saturated rings. The molecule has 1 saturated heterocycles. The van der Waals surface area contributed by atoms with Crippen molar-refractivity contribution in [3.63, 3.8) is 0 Å². The minimum atomic E-state index is -5.11. The van der Waals surface area contributed by atoms with Crippen LogP contribution in [0.2, 0.25) is 0 Å². The Morgan fingerprint density at radius 2 is 1.10 bits per heavy atom. The summed E-state index contributed by atoms with van der Waals surface area (Å²) >= 11 is 0. The number of carbonyl (C=O) groups is 1. The van der Waals surface area contributed by atoms with E-state index in [4.69, 9.17) is 9.47 Å². The van der Waals surface area contributed by atoms with E-state index in [2.05, 4.69) is 23.3 Å². The van der Waals surface area contributed by atoms with Crippen molar-refractivity contribution in [3.8, 4) is 0 Å². The van der Waals surface area contributed by atoms with Gasteiger partial charge in [-0.1, -0.05) is 199 Å². The van der Waals surface area contributed by atoms with Crippen molar-refractivity contribution in [1.82, 2.24) is 5.32 Å². The van der Waals surface area contributed by atoms with Gasteiger partial charge in [-0.05, 0) is 19.3 Å². The third kappa shape index (κ3) is 28.9. The predicted octanol–water partition coefficient (Wildman–Crippen LogP) is 8.14. The molecule has 14 heteroatoms. The zero-order chi connectivity index (χ0) is 43.6. The van der Waals surface area contributed by atoms with E-state index in [1.54, 1.807) is 0 Å². The van der Waals surface area contributed by atoms with Crippen LogP contribution in [0.4, 0.5) is 0 Å². The standard InChI is InChI=1S/C45H87NO12S/c1-3-5-7-9-11-13-15-17-18-19-20-21-22-24-26-28-30-32-34-39(49)44(52)46-37(38(48)33-31-29-27-25-23-16-14-12-10-8-6-4-2)36-56-45-42(51)43(58-59(53,54)55)41(50)40(35-47)57-45/h31,33,37-43,45,47-51H,3-30,32,34-36H2,1-2H3,(H,46,52)(H,53,54,55)/b33-31+. The van der Waals surface area contributed by atoms with E-state index in [0.717, 1.165) is 38.5 Å². The second-order valence-electron chi connectivity index (χ2n) is 16.8. The zero-order valence-corrected chi connectivity index (χ0v) is 37.8. The first-order valence-corrected chi connectivity index (χ1v) is 25.0. The normalized spacial score (nSPS) is 21.5. The third-order valence-electron chi connectivity index (χ3n) is 11.4. The van der Waals surface area contributed by atoms with Gasteiger partial charge in [0.05, 0.1) is 25.4 Å². The van der Waals surface area contributed by atoms with Gasteiger partial charge < -0.3 is 40.3 Å². The molecule has 1 amide bonds. The lowest BCUT2D eigenvalue weighted by atomic mass is 9.99. The molecule has 13 nitrogen and oxygen atoms in total. The molecule has 0 aromatic rings. The van der Waals surface area contributed by atoms with Gasteiger partial charge in [0.25, 0.3) is 0 Å². The van der Waals surface area contributed by atoms with Gasteiger partial charge in [0.15, 0.2) is 6.29 Å². The van der Waals surface area contributed by atoms with E-state index in [-0.39, 0.29) is 6.42 Å². The summed E-state index contributed by atoms with van der Waals surface area (Å²) in [6, 6.07) is -1.11. The maximum atomic E-state index is 13.1. The van der Waals surface area contributed by atoms with Crippen LogP contribution in [-0.2, 0) is 28.9 Å². The van der Waals surface area contributed by atoms with Gasteiger partial charge in [0.2, 0.25) is 5.91 Å². The van der Waals surface area contributed by atoms with Gasteiger partial charge in [-0.25, -0.2) is 4.18 Å². The van der Waals surface area contributed by atoms with E-state index in [9.17, 15) is 43.3 Å². The topological polar surface area (TPSA) is 212 Å². The van der Waals surface area contributed by atoms with Crippen LogP contribution < -0.4 is 5.32 Å². The molecule has 59 heavy (non-hydrogen) atoms. The summed E-state index contributed by atoms with van der Waals surface area (Å²) < 4.78 is 47.5. The summed E-state index contributed by atoms with van der Waals surface area (Å²) in [5.41, 5.74) is 0. The van der Waals surface area contributed by atoms with E-state index in [1.165, 1.54) is 141 Å². The second-order valence-corrected chi connectivity index (χ2v) is 17.9. The molecular formula is C45H87NO12S. The van der Waals surface area contributed by atoms with Crippen LogP contribution in [0.15, 0.2) is 12.2 Å². The minimum Gasteiger partial charge on any atom is -0.394 e. The van der Waals surface area contributed by atoms with Crippen LogP contribution in [0.3, 0.4) is 0 Å². The Morgan fingerprint density at radius 1 is 0.678 bits per heavy atom. The van der Waals surface area contributed by atoms with Crippen molar-refractivity contribution in [1.29, 1.82) is 0 Å². The molecule has 0 spiro atoms. The number of carbonyl (C=O) groups excluding carboxylic acids is 1. The lowest BCUT2D eigenvalue weighted by molar-refractivity contribution is -0.298. The van der Waals surface area contributed by atoms with Gasteiger partial charge >= 0.3 is 10.4 Å². The number of hydrogen-bond donors (Lipinski definition) is 7. The molecule has 0 aromatic carbocycles. The average Bonchev–Trinajstić information content (AvgIpc) is 3.20. The first-order chi connectivity index (χ1) is 28.4. The molecule has 350 valence electrons. The molecule has 0 bridgehead atoms. The number of allylic oxidation sites excluding steroid dienone is 1. The van der Waals surface area contributed by atoms with Crippen LogP contribution in [0.5, 0.6) is 0 Å². The fourth-order valence-electron chi connectivity index (χ4n) is 7.64. The van der Waals surface area contributed by atoms with E-state index < -0.39 is 78.5 Å². The number of rotatable bonds is 40. The van der Waals surface area contributed by atoms with Gasteiger partial charge in [-0.3, -0.25) is 9.35 Å². The maximum absolute atomic E-state index is 13.1. The summed E-state index contributed by atoms with van der Waals surface area (Å²) in [5, 5.41) is 55.2. The fourth-order valence-corrected chi connectivity index (χ4v) is 8.15. The third-order valence-corrected chi connectivity index (χ3v) is 11.9. The maximum Gasteiger partial charge on any atom is 0.397 e. The number of ether oxygens (including phenoxy) is 2. The molecule has 0 aliphatic carbocycles. The van der Waals surface area contributed by atoms with Crippen molar-refractivity contribution < 1.29 is 57.0 Å². The monoisotopic (exact) mass is 866 g/mol. The van der Waals surface area contributed by atoms with E-state index in [0.29, 0.717) is 12.8 Å². The Bertz CT molecular complexity index is 1130. The summed E-state index contributed by atoms with van der Waals surface area (Å²) in [6.07, 6.45) is 27.2. The van der Waals surface area contributed by atoms with E-state index in [1.807, 2.05) is 6.08 Å². The van der Waals surface area contributed by atoms with Crippen LogP contribution in [0, 0.1) is 0 Å². The molecule has 1 aliphatic rings. The van der Waals surface area contributed by atoms with Crippen molar-refractivity contribution in [2.75, 3.05) is 13.2 Å². The average molecular weight is 866 g/mol. The van der Waals surface area contributed by atoms with Crippen LogP contribution in [0.25, 0.3) is 0 Å². The summed E-state index contributed by atoms with van der Waals surface area (Å²) in [7, 11) is -5.11. The highest BCUT2D eigenvalue weighted by atomic mass is 32.3. The summed E-state index contributed by atoms with van der Waals surface area (Å²) in [6.45, 7) is 3.21. The van der Waals surface area contributed by atoms with Crippen molar-refractivity contribution in [3.05, 3.63) is 12.2 Å². The largest absolute Gasteiger partial charge is 0.397 e. The zero-order valence-electron chi connectivity index (χ0n) is 36.9. The van der Waals surface area contributed by atoms with Gasteiger partial charge in [-0.15, -0.1) is 0 Å². The molecule has 0 saturated carbocycles. The molecule has 8 atom stereocenters. The quantitative estimate of drug-likeness (QED) is 0.0177. The van der Waals surface area contributed by atoms with Crippen molar-refractivity contribution in [2.45, 2.75) is 255 Å². The lowest BCUT2D eigenvalue weighted by Crippen LogP contribution is -2.61. The van der Waals surface area contributed by atoms with Gasteiger partial charge in [0, 0.05) is 0 Å². The molecular weight excluding hydrogens is 779 g/mol. The molecule has 1 aliphatic heterocycles. The number of amides is 1. The Labute approximate surface area is 358 Å². The summed E-state index contributed by atoms with van der Waals surface area (Å²) in [5.74, 6) is -0.700. The number of hydrogen-bond acceptors (Lipinski definition) is 11. The number of aliphatic hydroxyl groups is 5. The molecule has 7 N–H and O–H groups in total. The molecule has 1 heterocycles. The smallest absolute Gasteiger partial charge is 0.394 e. The first kappa shape index (κ1) is 55.8. The van der Waals surface area contributed by atoms with Gasteiger partial charge in [-0.2, -0.15) is 8.42 Å². The fraction of sp³-hybridized carbons (Fsp3) is 0.933. The molecule has 0 radical (unpaired) electrons. The highest BCUT2D eigenvalue weighted by Gasteiger charge is 2.48. The summed E-state index contributed by atoms with van der Waals surface area (Å²) in [4.78, 5) is 13.1. The molecule has 0 aromatic heterocycles. The highest BCUT2D eigenvalue weighted by Crippen LogP contribution is 2.26. The molecule has 1 rings (SSSR count). The molecule has 8 unspecified atom stereocenters. The van der Waals surface area contributed by atoms with Crippen molar-refractivity contribution >= 4 is 16.3 Å². The first-order valence-electron chi connectivity index (χ1n) is 23.7. The van der Waals surface area contributed by atoms with Crippen LogP contribution in [0.1, 0.15) is 206 Å². The number of nitrogens with one attached hydrogen (secondary N) is 1.